The summed E-state index contributed by atoms with van der Waals surface area (Å²) in [5.41, 5.74) is 0. The molecule has 1 unspecified atom stereocenters. The van der Waals surface area contributed by atoms with Crippen LogP contribution in [0.1, 0.15) is 6.92 Å². The third-order valence-corrected chi connectivity index (χ3v) is 8.66. The molecule has 0 amide bonds. The summed E-state index contributed by atoms with van der Waals surface area (Å²) in [4.78, 5) is 14.0. The number of hydrogen-bond donors (Lipinski definition) is 1. The normalized spacial score (nSPS) is 11.4. The molecule has 0 fully saturated rings. The van der Waals surface area contributed by atoms with Crippen LogP contribution in [-0.2, 0) is 21.3 Å². The number of benzene rings is 2. The summed E-state index contributed by atoms with van der Waals surface area (Å²) < 4.78 is 4.54. The van der Waals surface area contributed by atoms with Crippen molar-refractivity contribution >= 4 is 48.7 Å². The number of esters is 1. The fraction of sp³-hybridized carbons (Fsp3) is 0.235. The van der Waals surface area contributed by atoms with Gasteiger partial charge in [-0.15, -0.1) is 0 Å². The zero-order valence-electron chi connectivity index (χ0n) is 13.2. The smallest absolute Gasteiger partial charge is 0.320 e. The monoisotopic (exact) mass is 396 g/mol. The summed E-state index contributed by atoms with van der Waals surface area (Å²) in [5, 5.41) is 3.32. The highest BCUT2D eigenvalue weighted by molar-refractivity contribution is 8.27. The molecule has 1 atom stereocenters. The minimum Gasteiger partial charge on any atom is -0.465 e. The first kappa shape index (κ1) is 19.4. The quantitative estimate of drug-likeness (QED) is 0.292. The van der Waals surface area contributed by atoms with Gasteiger partial charge in [0.15, 0.2) is 11.8 Å². The Morgan fingerprint density at radius 2 is 1.58 bits per heavy atom. The van der Waals surface area contributed by atoms with Crippen LogP contribution in [0.4, 0.5) is 0 Å². The van der Waals surface area contributed by atoms with E-state index >= 15 is 0 Å². The van der Waals surface area contributed by atoms with Gasteiger partial charge in [-0.2, -0.15) is 0 Å². The number of ether oxygens (including phenoxy) is 1. The minimum atomic E-state index is -0.495. The van der Waals surface area contributed by atoms with E-state index < -0.39 is 3.94 Å². The molecule has 0 aliphatic carbocycles. The molecule has 0 heterocycles. The highest BCUT2D eigenvalue weighted by atomic mass is 32.4. The molecule has 2 aromatic carbocycles. The van der Waals surface area contributed by atoms with Gasteiger partial charge < -0.3 is 4.74 Å². The molecule has 0 aliphatic heterocycles. The average Bonchev–Trinajstić information content (AvgIpc) is 2.62. The van der Waals surface area contributed by atoms with E-state index in [1.165, 1.54) is 0 Å². The van der Waals surface area contributed by atoms with E-state index in [0.717, 1.165) is 9.79 Å². The lowest BCUT2D eigenvalue weighted by Crippen LogP contribution is -2.38. The molecular weight excluding hydrogens is 377 g/mol. The molecule has 7 heteroatoms. The Morgan fingerprint density at radius 3 is 2.00 bits per heavy atom. The molecule has 0 radical (unpaired) electrons. The Morgan fingerprint density at radius 1 is 1.08 bits per heavy atom. The van der Waals surface area contributed by atoms with Crippen molar-refractivity contribution in [3.8, 4) is 0 Å². The van der Waals surface area contributed by atoms with Crippen LogP contribution in [0.2, 0.25) is 0 Å². The van der Waals surface area contributed by atoms with Crippen molar-refractivity contribution < 1.29 is 9.53 Å². The largest absolute Gasteiger partial charge is 0.465 e. The maximum atomic E-state index is 11.8. The molecular formula is C17H19NO2PS3+. The molecule has 0 saturated heterocycles. The molecule has 1 N–H and O–H groups in total. The molecule has 0 aromatic heterocycles. The first-order valence-corrected chi connectivity index (χ1v) is 11.2. The first-order valence-electron chi connectivity index (χ1n) is 7.45. The van der Waals surface area contributed by atoms with Crippen molar-refractivity contribution in [3.63, 3.8) is 0 Å². The minimum absolute atomic E-state index is 0.136. The van der Waals surface area contributed by atoms with Crippen LogP contribution in [0, 0.1) is 0 Å². The van der Waals surface area contributed by atoms with Gasteiger partial charge in [-0.05, 0) is 54.7 Å². The number of rotatable bonds is 9. The van der Waals surface area contributed by atoms with Gasteiger partial charge in [0.2, 0.25) is 7.36 Å². The van der Waals surface area contributed by atoms with E-state index in [0.29, 0.717) is 6.61 Å². The Labute approximate surface area is 157 Å². The van der Waals surface area contributed by atoms with Crippen LogP contribution in [0.25, 0.3) is 0 Å². The molecule has 2 aromatic rings. The molecule has 0 saturated carbocycles. The van der Waals surface area contributed by atoms with Crippen LogP contribution < -0.4 is 5.32 Å². The Kier molecular flexibility index (Phi) is 8.22. The van der Waals surface area contributed by atoms with Gasteiger partial charge in [0.25, 0.3) is 3.94 Å². The predicted molar refractivity (Wildman–Crippen MR) is 108 cm³/mol. The van der Waals surface area contributed by atoms with Crippen molar-refractivity contribution in [1.29, 1.82) is 0 Å². The van der Waals surface area contributed by atoms with E-state index in [1.807, 2.05) is 60.7 Å². The lowest BCUT2D eigenvalue weighted by Gasteiger charge is -2.22. The van der Waals surface area contributed by atoms with Crippen molar-refractivity contribution in [2.75, 3.05) is 13.2 Å². The van der Waals surface area contributed by atoms with Crippen LogP contribution >= 0.6 is 30.9 Å². The van der Waals surface area contributed by atoms with Crippen molar-refractivity contribution in [2.45, 2.75) is 20.7 Å². The average molecular weight is 397 g/mol. The second-order valence-corrected chi connectivity index (χ2v) is 9.83. The molecule has 24 heavy (non-hydrogen) atoms. The van der Waals surface area contributed by atoms with E-state index in [-0.39, 0.29) is 19.9 Å². The Hall–Kier alpha value is -0.910. The molecule has 2 rings (SSSR count). The summed E-state index contributed by atoms with van der Waals surface area (Å²) in [6.45, 7) is 2.32. The van der Waals surface area contributed by atoms with Crippen molar-refractivity contribution in [3.05, 3.63) is 60.7 Å². The lowest BCUT2D eigenvalue weighted by molar-refractivity contribution is -0.141. The van der Waals surface area contributed by atoms with Gasteiger partial charge in [0.05, 0.1) is 13.2 Å². The molecule has 0 spiro atoms. The van der Waals surface area contributed by atoms with Gasteiger partial charge in [-0.1, -0.05) is 36.4 Å². The van der Waals surface area contributed by atoms with Gasteiger partial charge in [-0.3, -0.25) is 4.79 Å². The Balaban J connectivity index is 2.20. The van der Waals surface area contributed by atoms with Crippen LogP contribution in [-0.4, -0.2) is 23.1 Å². The molecule has 126 valence electrons. The van der Waals surface area contributed by atoms with Crippen molar-refractivity contribution in [1.82, 2.24) is 5.32 Å². The molecule has 0 bridgehead atoms. The van der Waals surface area contributed by atoms with Crippen LogP contribution in [0.15, 0.2) is 70.5 Å². The summed E-state index contributed by atoms with van der Waals surface area (Å²) in [5.74, 6) is -0.266. The highest BCUT2D eigenvalue weighted by Gasteiger charge is 2.39. The summed E-state index contributed by atoms with van der Waals surface area (Å²) >= 11 is 8.76. The second-order valence-electron chi connectivity index (χ2n) is 4.71. The number of nitrogens with one attached hydrogen (secondary N) is 1. The number of thioether (sulfide) groups is 2. The fourth-order valence-electron chi connectivity index (χ4n) is 1.88. The Bertz CT molecular complexity index is 614. The SMILES string of the molecule is CCOC(=O)CNC([PH+]=S)(Sc1ccccc1)Sc1ccccc1. The number of carbonyl (C=O) groups excluding carboxylic acids is 1. The van der Waals surface area contributed by atoms with Gasteiger partial charge in [-0.25, -0.2) is 5.32 Å². The summed E-state index contributed by atoms with van der Waals surface area (Å²) in [7, 11) is 0.162. The maximum absolute atomic E-state index is 11.8. The van der Waals surface area contributed by atoms with E-state index in [9.17, 15) is 4.79 Å². The topological polar surface area (TPSA) is 38.3 Å². The zero-order chi connectivity index (χ0) is 17.3. The predicted octanol–water partition coefficient (Wildman–Crippen LogP) is 4.48. The summed E-state index contributed by atoms with van der Waals surface area (Å²) in [6, 6.07) is 20.2. The third-order valence-electron chi connectivity index (χ3n) is 2.91. The molecule has 0 aliphatic rings. The van der Waals surface area contributed by atoms with Gasteiger partial charge >= 0.3 is 5.97 Å². The number of hydrogen-bond acceptors (Lipinski definition) is 6. The fourth-order valence-corrected chi connectivity index (χ4v) is 6.33. The van der Waals surface area contributed by atoms with Crippen molar-refractivity contribution in [2.24, 2.45) is 0 Å². The van der Waals surface area contributed by atoms with Gasteiger partial charge in [0.1, 0.15) is 0 Å². The van der Waals surface area contributed by atoms with Crippen LogP contribution in [0.5, 0.6) is 0 Å². The highest BCUT2D eigenvalue weighted by Crippen LogP contribution is 2.50. The number of carbonyl (C=O) groups is 1. The van der Waals surface area contributed by atoms with Gasteiger partial charge in [0, 0.05) is 9.79 Å². The first-order chi connectivity index (χ1) is 11.7. The zero-order valence-corrected chi connectivity index (χ0v) is 16.7. The second kappa shape index (κ2) is 10.2. The third kappa shape index (κ3) is 6.19. The summed E-state index contributed by atoms with van der Waals surface area (Å²) in [6.07, 6.45) is 0. The van der Waals surface area contributed by atoms with E-state index in [4.69, 9.17) is 16.5 Å². The lowest BCUT2D eigenvalue weighted by atomic mass is 10.4. The standard InChI is InChI=1S/C17H18NO2PS3/c1-2-20-16(19)13-18-17(21-22,23-14-9-5-3-6-10-14)24-15-11-7-4-8-12-15/h3-12,18H,2,13H2,1H3/p+1. The van der Waals surface area contributed by atoms with Crippen LogP contribution in [0.3, 0.4) is 0 Å². The van der Waals surface area contributed by atoms with E-state index in [1.54, 1.807) is 30.4 Å². The molecule has 3 nitrogen and oxygen atoms in total. The van der Waals surface area contributed by atoms with E-state index in [2.05, 4.69) is 5.32 Å². The maximum Gasteiger partial charge on any atom is 0.320 e.